The number of nitrogens with two attached hydrogens (primary N) is 1. The summed E-state index contributed by atoms with van der Waals surface area (Å²) in [4.78, 5) is 4.09. The highest BCUT2D eigenvalue weighted by atomic mass is 16.5. The molecule has 96 valence electrons. The third-order valence-corrected chi connectivity index (χ3v) is 2.81. The van der Waals surface area contributed by atoms with Gasteiger partial charge in [-0.2, -0.15) is 0 Å². The number of ether oxygens (including phenoxy) is 2. The summed E-state index contributed by atoms with van der Waals surface area (Å²) in [7, 11) is 3.25. The van der Waals surface area contributed by atoms with E-state index >= 15 is 0 Å². The van der Waals surface area contributed by atoms with Crippen LogP contribution in [0.3, 0.4) is 0 Å². The van der Waals surface area contributed by atoms with Crippen molar-refractivity contribution >= 4 is 0 Å². The largest absolute Gasteiger partial charge is 0.493 e. The molecule has 0 atom stereocenters. The molecule has 0 fully saturated rings. The molecule has 0 spiro atoms. The minimum Gasteiger partial charge on any atom is -0.493 e. The van der Waals surface area contributed by atoms with Gasteiger partial charge in [-0.3, -0.25) is 0 Å². The minimum atomic E-state index is 0.479. The van der Waals surface area contributed by atoms with E-state index < -0.39 is 0 Å². The zero-order valence-corrected chi connectivity index (χ0v) is 10.6. The first-order valence-corrected chi connectivity index (χ1v) is 5.68. The second kappa shape index (κ2) is 5.55. The third kappa shape index (κ3) is 2.46. The van der Waals surface area contributed by atoms with Crippen molar-refractivity contribution in [2.75, 3.05) is 14.2 Å². The van der Waals surface area contributed by atoms with Gasteiger partial charge in [-0.25, -0.2) is 4.98 Å². The Kier molecular flexibility index (Phi) is 3.84. The fourth-order valence-corrected chi connectivity index (χ4v) is 1.84. The average Bonchev–Trinajstić information content (AvgIpc) is 2.85. The normalized spacial score (nSPS) is 10.4. The number of benzene rings is 1. The van der Waals surface area contributed by atoms with Crippen molar-refractivity contribution in [3.8, 4) is 11.5 Å². The molecule has 18 heavy (non-hydrogen) atoms. The summed E-state index contributed by atoms with van der Waals surface area (Å²) in [5, 5.41) is 0. The van der Waals surface area contributed by atoms with Crippen LogP contribution >= 0.6 is 0 Å². The Hall–Kier alpha value is -2.01. The average molecular weight is 247 g/mol. The Morgan fingerprint density at radius 3 is 2.67 bits per heavy atom. The van der Waals surface area contributed by atoms with Crippen molar-refractivity contribution in [2.24, 2.45) is 5.73 Å². The molecule has 0 aliphatic rings. The Bertz CT molecular complexity index is 523. The summed E-state index contributed by atoms with van der Waals surface area (Å²) in [6.07, 6.45) is 3.56. The highest BCUT2D eigenvalue weighted by Gasteiger charge is 2.06. The lowest BCUT2D eigenvalue weighted by Crippen LogP contribution is -2.07. The van der Waals surface area contributed by atoms with Crippen molar-refractivity contribution < 1.29 is 9.47 Å². The molecule has 0 saturated heterocycles. The van der Waals surface area contributed by atoms with E-state index in [4.69, 9.17) is 15.2 Å². The van der Waals surface area contributed by atoms with E-state index in [1.165, 1.54) is 0 Å². The molecule has 0 radical (unpaired) electrons. The summed E-state index contributed by atoms with van der Waals surface area (Å²) in [5.74, 6) is 1.45. The zero-order valence-electron chi connectivity index (χ0n) is 10.6. The van der Waals surface area contributed by atoms with E-state index in [1.807, 2.05) is 22.8 Å². The van der Waals surface area contributed by atoms with Gasteiger partial charge in [-0.1, -0.05) is 6.07 Å². The Morgan fingerprint density at radius 2 is 2.00 bits per heavy atom. The Labute approximate surface area is 106 Å². The highest BCUT2D eigenvalue weighted by Crippen LogP contribution is 2.27. The number of methoxy groups -OCH3 is 2. The van der Waals surface area contributed by atoms with Crippen LogP contribution in [0.5, 0.6) is 11.5 Å². The standard InChI is InChI=1S/C13H17N3O2/c1-17-12-4-3-10(5-13(12)18-2)8-16-9-15-7-11(16)6-14/h3-5,7,9H,6,8,14H2,1-2H3. The molecular weight excluding hydrogens is 230 g/mol. The van der Waals surface area contributed by atoms with Gasteiger partial charge in [0.2, 0.25) is 0 Å². The fourth-order valence-electron chi connectivity index (χ4n) is 1.84. The van der Waals surface area contributed by atoms with Crippen molar-refractivity contribution in [3.63, 3.8) is 0 Å². The molecule has 0 saturated carbocycles. The molecule has 5 nitrogen and oxygen atoms in total. The zero-order chi connectivity index (χ0) is 13.0. The van der Waals surface area contributed by atoms with E-state index in [-0.39, 0.29) is 0 Å². The van der Waals surface area contributed by atoms with E-state index in [0.717, 1.165) is 22.8 Å². The van der Waals surface area contributed by atoms with Crippen LogP contribution in [-0.4, -0.2) is 23.8 Å². The molecule has 2 rings (SSSR count). The number of imidazole rings is 1. The van der Waals surface area contributed by atoms with Gasteiger partial charge in [0, 0.05) is 19.3 Å². The van der Waals surface area contributed by atoms with Gasteiger partial charge in [0.25, 0.3) is 0 Å². The predicted molar refractivity (Wildman–Crippen MR) is 68.8 cm³/mol. The lowest BCUT2D eigenvalue weighted by molar-refractivity contribution is 0.354. The molecule has 0 bridgehead atoms. The number of rotatable bonds is 5. The molecule has 0 unspecified atom stereocenters. The maximum Gasteiger partial charge on any atom is 0.161 e. The van der Waals surface area contributed by atoms with Crippen LogP contribution < -0.4 is 15.2 Å². The number of aromatic nitrogens is 2. The van der Waals surface area contributed by atoms with Gasteiger partial charge in [0.1, 0.15) is 0 Å². The maximum atomic E-state index is 5.64. The molecular formula is C13H17N3O2. The lowest BCUT2D eigenvalue weighted by atomic mass is 10.2. The van der Waals surface area contributed by atoms with E-state index in [1.54, 1.807) is 26.7 Å². The van der Waals surface area contributed by atoms with Crippen molar-refractivity contribution in [1.29, 1.82) is 0 Å². The second-order valence-corrected chi connectivity index (χ2v) is 3.91. The van der Waals surface area contributed by atoms with Crippen molar-refractivity contribution in [2.45, 2.75) is 13.1 Å². The molecule has 0 aliphatic heterocycles. The molecule has 5 heteroatoms. The van der Waals surface area contributed by atoms with Crippen molar-refractivity contribution in [3.05, 3.63) is 42.0 Å². The van der Waals surface area contributed by atoms with Crippen LogP contribution in [0.25, 0.3) is 0 Å². The Morgan fingerprint density at radius 1 is 1.22 bits per heavy atom. The molecule has 2 N–H and O–H groups in total. The molecule has 0 aliphatic carbocycles. The first-order chi connectivity index (χ1) is 8.78. The highest BCUT2D eigenvalue weighted by molar-refractivity contribution is 5.43. The summed E-state index contributed by atoms with van der Waals surface area (Å²) < 4.78 is 12.5. The predicted octanol–water partition coefficient (Wildman–Crippen LogP) is 1.41. The van der Waals surface area contributed by atoms with Crippen LogP contribution in [0.4, 0.5) is 0 Å². The van der Waals surface area contributed by atoms with Crippen LogP contribution in [-0.2, 0) is 13.1 Å². The molecule has 1 aromatic heterocycles. The van der Waals surface area contributed by atoms with Gasteiger partial charge in [-0.05, 0) is 17.7 Å². The number of hydrogen-bond acceptors (Lipinski definition) is 4. The van der Waals surface area contributed by atoms with Crippen LogP contribution in [0.1, 0.15) is 11.3 Å². The van der Waals surface area contributed by atoms with Crippen LogP contribution in [0, 0.1) is 0 Å². The van der Waals surface area contributed by atoms with Gasteiger partial charge < -0.3 is 19.8 Å². The fraction of sp³-hybridized carbons (Fsp3) is 0.308. The lowest BCUT2D eigenvalue weighted by Gasteiger charge is -2.11. The minimum absolute atomic E-state index is 0.479. The Balaban J connectivity index is 2.24. The number of nitrogens with zero attached hydrogens (tertiary/aromatic N) is 2. The summed E-state index contributed by atoms with van der Waals surface area (Å²) in [6.45, 7) is 1.19. The summed E-state index contributed by atoms with van der Waals surface area (Å²) in [5.41, 5.74) is 7.76. The van der Waals surface area contributed by atoms with Crippen LogP contribution in [0.2, 0.25) is 0 Å². The first-order valence-electron chi connectivity index (χ1n) is 5.68. The molecule has 0 amide bonds. The number of hydrogen-bond donors (Lipinski definition) is 1. The van der Waals surface area contributed by atoms with E-state index in [2.05, 4.69) is 4.98 Å². The van der Waals surface area contributed by atoms with Gasteiger partial charge >= 0.3 is 0 Å². The van der Waals surface area contributed by atoms with Crippen molar-refractivity contribution in [1.82, 2.24) is 9.55 Å². The molecule has 1 heterocycles. The summed E-state index contributed by atoms with van der Waals surface area (Å²) >= 11 is 0. The third-order valence-electron chi connectivity index (χ3n) is 2.81. The van der Waals surface area contributed by atoms with Crippen LogP contribution in [0.15, 0.2) is 30.7 Å². The van der Waals surface area contributed by atoms with Gasteiger partial charge in [-0.15, -0.1) is 0 Å². The summed E-state index contributed by atoms with van der Waals surface area (Å²) in [6, 6.07) is 5.86. The maximum absolute atomic E-state index is 5.64. The van der Waals surface area contributed by atoms with Gasteiger partial charge in [0.15, 0.2) is 11.5 Å². The van der Waals surface area contributed by atoms with E-state index in [0.29, 0.717) is 13.1 Å². The topological polar surface area (TPSA) is 62.3 Å². The monoisotopic (exact) mass is 247 g/mol. The quantitative estimate of drug-likeness (QED) is 0.867. The van der Waals surface area contributed by atoms with Gasteiger partial charge in [0.05, 0.1) is 26.2 Å². The smallest absolute Gasteiger partial charge is 0.161 e. The first kappa shape index (κ1) is 12.4. The van der Waals surface area contributed by atoms with E-state index in [9.17, 15) is 0 Å². The molecule has 1 aromatic carbocycles. The molecule has 2 aromatic rings. The SMILES string of the molecule is COc1ccc(Cn2cncc2CN)cc1OC. The second-order valence-electron chi connectivity index (χ2n) is 3.91.